The third-order valence-corrected chi connectivity index (χ3v) is 25.0. The molecule has 112 heavy (non-hydrogen) atoms. The monoisotopic (exact) mass is 1580 g/mol. The van der Waals surface area contributed by atoms with Gasteiger partial charge in [0.25, 0.3) is 0 Å². The van der Waals surface area contributed by atoms with Gasteiger partial charge in [-0.2, -0.15) is 0 Å². The smallest absolute Gasteiger partial charge is 0.408 e. The van der Waals surface area contributed by atoms with Crippen molar-refractivity contribution in [3.63, 3.8) is 0 Å². The Morgan fingerprint density at radius 1 is 0.188 bits per heavy atom. The molecule has 16 heteroatoms. The van der Waals surface area contributed by atoms with Gasteiger partial charge in [0.2, 0.25) is 0 Å². The minimum Gasteiger partial charge on any atom is -0.408 e. The molecule has 0 fully saturated rings. The van der Waals surface area contributed by atoms with Crippen LogP contribution >= 0.6 is 34.4 Å². The van der Waals surface area contributed by atoms with E-state index in [0.717, 1.165) is 89.0 Å². The number of para-hydroxylation sites is 8. The molecule has 0 atom stereocenters. The summed E-state index contributed by atoms with van der Waals surface area (Å²) in [5, 5.41) is 0. The van der Waals surface area contributed by atoms with Gasteiger partial charge in [0.05, 0.1) is 11.1 Å². The van der Waals surface area contributed by atoms with Crippen LogP contribution in [0.15, 0.2) is 182 Å². The highest BCUT2D eigenvalue weighted by Crippen LogP contribution is 2.63. The molecule has 0 aliphatic carbocycles. The first-order chi connectivity index (χ1) is 52.5. The molecule has 0 amide bonds. The van der Waals surface area contributed by atoms with E-state index in [4.69, 9.17) is 54.3 Å². The average Bonchev–Trinajstić information content (AvgIpc) is 0.729. The molecule has 0 saturated carbocycles. The molecule has 0 aromatic heterocycles. The zero-order chi connectivity index (χ0) is 80.2. The third kappa shape index (κ3) is 16.7. The quantitative estimate of drug-likeness (QED) is 0.128. The molecule has 4 aliphatic heterocycles. The van der Waals surface area contributed by atoms with Crippen LogP contribution < -0.4 is 54.3 Å². The standard InChI is InChI=1S/C96H110O12P4/c1-89(2,3)67-43-25-35-59-55-60-36-26-44-68(90(4,5)6)82(60)102-109(101-81(59)67)97-75-51-33-52-76(98-110-103-83-61(37-27-45-69(83)91(7,8)9)56-62-38-28-46-70(84(62)104-110)92(10,11)12)79(75)80-77(99-111-105-85-63(39-29-47-71(85)93(13,14)15)57-64-40-30-48-72(86(64)106-111)94(16,17)18)53-34-54-78(80)100-112-107-87-65(41-31-49-73(87)95(19,20)21)58-66-42-32-50-74(88(66)108-112)96(22,23)24/h25-54H,55-58H2,1-24H3. The third-order valence-electron chi connectivity index (χ3n) is 21.0. The van der Waals surface area contributed by atoms with Crippen LogP contribution in [0.5, 0.6) is 69.0 Å². The van der Waals surface area contributed by atoms with E-state index in [1.807, 2.05) is 36.4 Å². The Morgan fingerprint density at radius 3 is 0.438 bits per heavy atom. The zero-order valence-electron chi connectivity index (χ0n) is 69.8. The summed E-state index contributed by atoms with van der Waals surface area (Å²) in [5.41, 5.74) is 13.8. The molecular weight excluding hydrogens is 1470 g/mol. The van der Waals surface area contributed by atoms with Crippen LogP contribution in [0.3, 0.4) is 0 Å². The van der Waals surface area contributed by atoms with Gasteiger partial charge < -0.3 is 54.3 Å². The Balaban J connectivity index is 1.06. The lowest BCUT2D eigenvalue weighted by atomic mass is 9.83. The van der Waals surface area contributed by atoms with Crippen molar-refractivity contribution < 1.29 is 54.3 Å². The molecule has 10 aromatic carbocycles. The number of fused-ring (bicyclic) bond motifs is 8. The van der Waals surface area contributed by atoms with Crippen molar-refractivity contribution in [3.8, 4) is 80.1 Å². The molecule has 10 aromatic rings. The SMILES string of the molecule is CC(C)(C)c1cccc2c1OP(Oc1cccc(OP3Oc4c(cccc4C(C)(C)C)Cc4cccc(C(C)(C)C)c4O3)c1-c1c(OP3Oc4c(cccc4C(C)(C)C)Cc4cccc(C(C)(C)C)c4O3)cccc1OP1Oc3c(cccc3C(C)(C)C)Cc3cccc(C(C)(C)C)c3O1)Oc1c(cccc1C(C)(C)C)C2. The topological polar surface area (TPSA) is 111 Å². The van der Waals surface area contributed by atoms with E-state index in [-0.39, 0.29) is 66.3 Å². The Labute approximate surface area is 670 Å². The fraction of sp³-hybridized carbons (Fsp3) is 0.375. The van der Waals surface area contributed by atoms with Gasteiger partial charge in [-0.1, -0.05) is 324 Å². The van der Waals surface area contributed by atoms with E-state index in [0.29, 0.717) is 82.8 Å². The van der Waals surface area contributed by atoms with Crippen LogP contribution in [-0.2, 0) is 69.0 Å². The molecule has 0 unspecified atom stereocenters. The van der Waals surface area contributed by atoms with Gasteiger partial charge in [-0.25, -0.2) is 0 Å². The molecule has 12 nitrogen and oxygen atoms in total. The summed E-state index contributed by atoms with van der Waals surface area (Å²) in [4.78, 5) is 0. The molecule has 14 rings (SSSR count). The molecule has 4 aliphatic rings. The van der Waals surface area contributed by atoms with Gasteiger partial charge in [-0.15, -0.1) is 0 Å². The van der Waals surface area contributed by atoms with Crippen LogP contribution in [0.2, 0.25) is 0 Å². The van der Waals surface area contributed by atoms with Crippen molar-refractivity contribution in [3.05, 3.63) is 271 Å². The second kappa shape index (κ2) is 30.0. The van der Waals surface area contributed by atoms with Crippen molar-refractivity contribution >= 4 is 34.4 Å². The van der Waals surface area contributed by atoms with Gasteiger partial charge in [-0.05, 0) is 112 Å². The Hall–Kier alpha value is -8.48. The van der Waals surface area contributed by atoms with E-state index in [9.17, 15) is 0 Å². The van der Waals surface area contributed by atoms with Crippen LogP contribution in [0.4, 0.5) is 0 Å². The molecule has 586 valence electrons. The first kappa shape index (κ1) is 80.1. The molecule has 4 heterocycles. The number of hydrogen-bond donors (Lipinski definition) is 0. The molecule has 0 bridgehead atoms. The Kier molecular flexibility index (Phi) is 21.5. The molecule has 0 N–H and O–H groups in total. The van der Waals surface area contributed by atoms with Gasteiger partial charge in [0.1, 0.15) is 69.0 Å². The normalized spacial score (nSPS) is 15.2. The van der Waals surface area contributed by atoms with E-state index in [1.54, 1.807) is 0 Å². The molecular formula is C96H110O12P4. The summed E-state index contributed by atoms with van der Waals surface area (Å²) >= 11 is 0. The summed E-state index contributed by atoms with van der Waals surface area (Å²) in [5.74, 6) is 6.63. The van der Waals surface area contributed by atoms with Gasteiger partial charge in [0, 0.05) is 70.2 Å². The van der Waals surface area contributed by atoms with Gasteiger partial charge in [0.15, 0.2) is 0 Å². The van der Waals surface area contributed by atoms with Crippen molar-refractivity contribution in [2.24, 2.45) is 0 Å². The Bertz CT molecular complexity index is 4320. The average molecular weight is 1580 g/mol. The predicted molar refractivity (Wildman–Crippen MR) is 459 cm³/mol. The van der Waals surface area contributed by atoms with E-state index >= 15 is 0 Å². The highest BCUT2D eigenvalue weighted by molar-refractivity contribution is 7.44. The first-order valence-corrected chi connectivity index (χ1v) is 43.5. The first-order valence-electron chi connectivity index (χ1n) is 39.2. The fourth-order valence-corrected chi connectivity index (χ4v) is 19.8. The molecule has 0 saturated heterocycles. The van der Waals surface area contributed by atoms with Crippen molar-refractivity contribution in [2.75, 3.05) is 0 Å². The summed E-state index contributed by atoms with van der Waals surface area (Å²) in [7, 11) is -9.87. The van der Waals surface area contributed by atoms with E-state index < -0.39 is 34.4 Å². The van der Waals surface area contributed by atoms with Crippen molar-refractivity contribution in [1.82, 2.24) is 0 Å². The maximum atomic E-state index is 7.84. The van der Waals surface area contributed by atoms with Crippen LogP contribution in [0.25, 0.3) is 11.1 Å². The predicted octanol–water partition coefficient (Wildman–Crippen LogP) is 28.4. The highest BCUT2D eigenvalue weighted by atomic mass is 31.2. The van der Waals surface area contributed by atoms with Gasteiger partial charge in [-0.3, -0.25) is 0 Å². The number of hydrogen-bond acceptors (Lipinski definition) is 12. The summed E-state index contributed by atoms with van der Waals surface area (Å²) in [6.45, 7) is 52.9. The Morgan fingerprint density at radius 2 is 0.312 bits per heavy atom. The largest absolute Gasteiger partial charge is 0.530 e. The summed E-state index contributed by atoms with van der Waals surface area (Å²) in [6, 6.07) is 62.9. The second-order valence-electron chi connectivity index (χ2n) is 38.3. The second-order valence-corrected chi connectivity index (χ2v) is 42.3. The minimum absolute atomic E-state index is 0.282. The lowest BCUT2D eigenvalue weighted by Crippen LogP contribution is -2.19. The summed E-state index contributed by atoms with van der Waals surface area (Å²) < 4.78 is 91.7. The highest BCUT2D eigenvalue weighted by Gasteiger charge is 2.43. The van der Waals surface area contributed by atoms with E-state index in [2.05, 4.69) is 312 Å². The van der Waals surface area contributed by atoms with Crippen molar-refractivity contribution in [1.29, 1.82) is 0 Å². The lowest BCUT2D eigenvalue weighted by Gasteiger charge is -2.33. The number of rotatable bonds is 9. The van der Waals surface area contributed by atoms with Crippen molar-refractivity contribution in [2.45, 2.75) is 235 Å². The maximum Gasteiger partial charge on any atom is 0.530 e. The van der Waals surface area contributed by atoms with Crippen LogP contribution in [-0.4, -0.2) is 0 Å². The summed E-state index contributed by atoms with van der Waals surface area (Å²) in [6.07, 6.45) is 2.22. The van der Waals surface area contributed by atoms with Gasteiger partial charge >= 0.3 is 34.4 Å². The number of benzene rings is 10. The van der Waals surface area contributed by atoms with Crippen LogP contribution in [0, 0.1) is 0 Å². The minimum atomic E-state index is -2.47. The lowest BCUT2D eigenvalue weighted by molar-refractivity contribution is 0.360. The fourth-order valence-electron chi connectivity index (χ4n) is 15.2. The molecule has 0 spiro atoms. The zero-order valence-corrected chi connectivity index (χ0v) is 73.4. The molecule has 0 radical (unpaired) electrons. The maximum absolute atomic E-state index is 7.84. The van der Waals surface area contributed by atoms with Crippen LogP contribution in [0.1, 0.15) is 255 Å². The van der Waals surface area contributed by atoms with E-state index in [1.165, 1.54) is 0 Å².